The largest absolute Gasteiger partial charge is 0.478 e. The Morgan fingerprint density at radius 2 is 2.24 bits per heavy atom. The van der Waals surface area contributed by atoms with E-state index >= 15 is 0 Å². The van der Waals surface area contributed by atoms with E-state index in [-0.39, 0.29) is 29.4 Å². The van der Waals surface area contributed by atoms with Gasteiger partial charge in [0, 0.05) is 12.3 Å². The first-order valence-electron chi connectivity index (χ1n) is 4.95. The van der Waals surface area contributed by atoms with Crippen LogP contribution in [0.15, 0.2) is 12.3 Å². The maximum absolute atomic E-state index is 11.2. The molecule has 0 aromatic carbocycles. The predicted molar refractivity (Wildman–Crippen MR) is 61.8 cm³/mol. The summed E-state index contributed by atoms with van der Waals surface area (Å²) in [5.41, 5.74) is -0.0334. The van der Waals surface area contributed by atoms with Crippen LogP contribution in [0.5, 0.6) is 0 Å². The van der Waals surface area contributed by atoms with Crippen LogP contribution in [0.2, 0.25) is 0 Å². The topological polar surface area (TPSA) is 109 Å². The Balaban J connectivity index is 2.67. The van der Waals surface area contributed by atoms with Crippen LogP contribution in [0.4, 0.5) is 5.82 Å². The van der Waals surface area contributed by atoms with Crippen molar-refractivity contribution in [2.24, 2.45) is 0 Å². The lowest BCUT2D eigenvalue weighted by Crippen LogP contribution is -2.19. The van der Waals surface area contributed by atoms with Gasteiger partial charge in [0.1, 0.15) is 5.56 Å². The van der Waals surface area contributed by atoms with Crippen molar-refractivity contribution < 1.29 is 18.3 Å². The van der Waals surface area contributed by atoms with Gasteiger partial charge in [-0.2, -0.15) is 5.10 Å². The summed E-state index contributed by atoms with van der Waals surface area (Å²) in [6.45, 7) is 1.66. The molecule has 0 bridgehead atoms. The van der Waals surface area contributed by atoms with Gasteiger partial charge in [-0.3, -0.25) is 0 Å². The summed E-state index contributed by atoms with van der Waals surface area (Å²) >= 11 is 0. The van der Waals surface area contributed by atoms with Crippen molar-refractivity contribution >= 4 is 21.6 Å². The molecule has 0 unspecified atom stereocenters. The van der Waals surface area contributed by atoms with Gasteiger partial charge in [-0.25, -0.2) is 13.2 Å². The number of rotatable bonds is 6. The molecule has 1 rings (SSSR count). The van der Waals surface area contributed by atoms with E-state index in [1.807, 2.05) is 0 Å². The monoisotopic (exact) mass is 259 g/mol. The first kappa shape index (κ1) is 13.4. The number of carboxylic acid groups (broad SMARTS) is 1. The Morgan fingerprint density at radius 1 is 1.53 bits per heavy atom. The highest BCUT2D eigenvalue weighted by Crippen LogP contribution is 2.09. The molecule has 7 nitrogen and oxygen atoms in total. The summed E-state index contributed by atoms with van der Waals surface area (Å²) in [5, 5.41) is 18.6. The van der Waals surface area contributed by atoms with E-state index in [0.717, 1.165) is 0 Å². The maximum atomic E-state index is 11.2. The van der Waals surface area contributed by atoms with Crippen molar-refractivity contribution in [2.75, 3.05) is 23.4 Å². The number of aromatic nitrogens is 2. The molecule has 0 radical (unpaired) electrons. The molecule has 0 saturated carbocycles. The average molecular weight is 259 g/mol. The second kappa shape index (κ2) is 5.58. The van der Waals surface area contributed by atoms with Gasteiger partial charge < -0.3 is 10.4 Å². The van der Waals surface area contributed by atoms with E-state index in [9.17, 15) is 13.2 Å². The number of aromatic carboxylic acids is 1. The fourth-order valence-corrected chi connectivity index (χ4v) is 1.81. The third-order valence-electron chi connectivity index (χ3n) is 2.10. The van der Waals surface area contributed by atoms with Crippen LogP contribution in [0.1, 0.15) is 17.3 Å². The third kappa shape index (κ3) is 3.99. The van der Waals surface area contributed by atoms with Crippen molar-refractivity contribution in [1.29, 1.82) is 0 Å². The molecule has 0 fully saturated rings. The van der Waals surface area contributed by atoms with Crippen LogP contribution >= 0.6 is 0 Å². The fourth-order valence-electron chi connectivity index (χ4n) is 1.10. The Morgan fingerprint density at radius 3 is 2.82 bits per heavy atom. The molecule has 0 atom stereocenters. The van der Waals surface area contributed by atoms with E-state index in [1.165, 1.54) is 12.3 Å². The molecule has 94 valence electrons. The van der Waals surface area contributed by atoms with Crippen LogP contribution in [0.3, 0.4) is 0 Å². The quantitative estimate of drug-likeness (QED) is 0.741. The Hall–Kier alpha value is -1.70. The Labute approximate surface area is 98.8 Å². The minimum absolute atomic E-state index is 0.0334. The SMILES string of the molecule is CCS(=O)(=O)CCNc1nnccc1C(=O)O. The number of carbonyl (C=O) groups is 1. The summed E-state index contributed by atoms with van der Waals surface area (Å²) in [5.74, 6) is -1.08. The molecule has 17 heavy (non-hydrogen) atoms. The molecule has 1 heterocycles. The number of carboxylic acids is 1. The first-order valence-corrected chi connectivity index (χ1v) is 6.77. The zero-order chi connectivity index (χ0) is 12.9. The summed E-state index contributed by atoms with van der Waals surface area (Å²) in [6.07, 6.45) is 1.26. The molecule has 0 amide bonds. The van der Waals surface area contributed by atoms with Crippen molar-refractivity contribution in [2.45, 2.75) is 6.92 Å². The highest BCUT2D eigenvalue weighted by Gasteiger charge is 2.12. The van der Waals surface area contributed by atoms with Crippen LogP contribution in [-0.2, 0) is 9.84 Å². The van der Waals surface area contributed by atoms with E-state index in [2.05, 4.69) is 15.5 Å². The standard InChI is InChI=1S/C9H13N3O4S/c1-2-17(15,16)6-5-10-8-7(9(13)14)3-4-11-12-8/h3-4H,2,5-6H2,1H3,(H,10,12)(H,13,14). The number of nitrogens with zero attached hydrogens (tertiary/aromatic N) is 2. The van der Waals surface area contributed by atoms with Gasteiger partial charge in [0.2, 0.25) is 0 Å². The number of sulfone groups is 1. The molecule has 0 saturated heterocycles. The normalized spacial score (nSPS) is 11.1. The molecule has 0 aliphatic rings. The number of hydrogen-bond acceptors (Lipinski definition) is 6. The molecule has 8 heteroatoms. The van der Waals surface area contributed by atoms with E-state index in [1.54, 1.807) is 6.92 Å². The second-order valence-electron chi connectivity index (χ2n) is 3.26. The van der Waals surface area contributed by atoms with Gasteiger partial charge in [0.25, 0.3) is 0 Å². The molecule has 0 spiro atoms. The minimum Gasteiger partial charge on any atom is -0.478 e. The Kier molecular flexibility index (Phi) is 4.38. The third-order valence-corrected chi connectivity index (χ3v) is 3.80. The van der Waals surface area contributed by atoms with E-state index < -0.39 is 15.8 Å². The molecule has 1 aromatic rings. The zero-order valence-corrected chi connectivity index (χ0v) is 10.1. The van der Waals surface area contributed by atoms with Crippen LogP contribution in [0, 0.1) is 0 Å². The molecule has 0 aliphatic heterocycles. The van der Waals surface area contributed by atoms with E-state index in [0.29, 0.717) is 0 Å². The lowest BCUT2D eigenvalue weighted by Gasteiger charge is -2.06. The van der Waals surface area contributed by atoms with Gasteiger partial charge in [-0.05, 0) is 6.07 Å². The van der Waals surface area contributed by atoms with E-state index in [4.69, 9.17) is 5.11 Å². The fraction of sp³-hybridized carbons (Fsp3) is 0.444. The summed E-state index contributed by atoms with van der Waals surface area (Å²) in [4.78, 5) is 10.8. The van der Waals surface area contributed by atoms with Gasteiger partial charge in [-0.15, -0.1) is 5.10 Å². The first-order chi connectivity index (χ1) is 7.96. The van der Waals surface area contributed by atoms with Crippen molar-refractivity contribution in [3.8, 4) is 0 Å². The second-order valence-corrected chi connectivity index (χ2v) is 5.73. The summed E-state index contributed by atoms with van der Waals surface area (Å²) in [6, 6.07) is 1.30. The summed E-state index contributed by atoms with van der Waals surface area (Å²) < 4.78 is 22.4. The Bertz CT molecular complexity index is 501. The van der Waals surface area contributed by atoms with Crippen molar-refractivity contribution in [1.82, 2.24) is 10.2 Å². The molecule has 0 aliphatic carbocycles. The number of nitrogens with one attached hydrogen (secondary N) is 1. The smallest absolute Gasteiger partial charge is 0.339 e. The molecule has 1 aromatic heterocycles. The lowest BCUT2D eigenvalue weighted by molar-refractivity contribution is 0.0697. The molecular formula is C9H13N3O4S. The van der Waals surface area contributed by atoms with Crippen molar-refractivity contribution in [3.63, 3.8) is 0 Å². The van der Waals surface area contributed by atoms with Crippen LogP contribution in [0.25, 0.3) is 0 Å². The van der Waals surface area contributed by atoms with Gasteiger partial charge in [0.05, 0.1) is 11.9 Å². The summed E-state index contributed by atoms with van der Waals surface area (Å²) in [7, 11) is -3.08. The minimum atomic E-state index is -3.08. The van der Waals surface area contributed by atoms with Crippen LogP contribution < -0.4 is 5.32 Å². The lowest BCUT2D eigenvalue weighted by atomic mass is 10.3. The van der Waals surface area contributed by atoms with Gasteiger partial charge >= 0.3 is 5.97 Å². The van der Waals surface area contributed by atoms with Crippen LogP contribution in [-0.4, -0.2) is 47.7 Å². The van der Waals surface area contributed by atoms with Gasteiger partial charge in [0.15, 0.2) is 15.7 Å². The molecular weight excluding hydrogens is 246 g/mol. The highest BCUT2D eigenvalue weighted by atomic mass is 32.2. The highest BCUT2D eigenvalue weighted by molar-refractivity contribution is 7.91. The number of anilines is 1. The average Bonchev–Trinajstić information content (AvgIpc) is 2.29. The maximum Gasteiger partial charge on any atom is 0.339 e. The predicted octanol–water partition coefficient (Wildman–Crippen LogP) is 0.0214. The van der Waals surface area contributed by atoms with Gasteiger partial charge in [-0.1, -0.05) is 6.92 Å². The number of hydrogen-bond donors (Lipinski definition) is 2. The zero-order valence-electron chi connectivity index (χ0n) is 9.25. The van der Waals surface area contributed by atoms with Crippen molar-refractivity contribution in [3.05, 3.63) is 17.8 Å². The molecule has 2 N–H and O–H groups in total.